The summed E-state index contributed by atoms with van der Waals surface area (Å²) in [4.78, 5) is 0. The van der Waals surface area contributed by atoms with Gasteiger partial charge in [-0.3, -0.25) is 4.57 Å². The third-order valence-electron chi connectivity index (χ3n) is 2.81. The maximum atomic E-state index is 9.74. The van der Waals surface area contributed by atoms with E-state index in [-0.39, 0.29) is 0 Å². The fourth-order valence-corrected chi connectivity index (χ4v) is 2.88. The average molecular weight is 293 g/mol. The van der Waals surface area contributed by atoms with Gasteiger partial charge >= 0.3 is 0 Å². The minimum Gasteiger partial charge on any atom is -0.495 e. The zero-order valence-corrected chi connectivity index (χ0v) is 12.7. The first-order chi connectivity index (χ1) is 9.51. The number of hydrogen-bond acceptors (Lipinski definition) is 5. The highest BCUT2D eigenvalue weighted by atomic mass is 32.2. The van der Waals surface area contributed by atoms with Crippen molar-refractivity contribution < 1.29 is 9.84 Å². The van der Waals surface area contributed by atoms with Gasteiger partial charge in [0.15, 0.2) is 5.16 Å². The van der Waals surface area contributed by atoms with E-state index >= 15 is 0 Å². The third kappa shape index (κ3) is 3.74. The largest absolute Gasteiger partial charge is 0.495 e. The van der Waals surface area contributed by atoms with E-state index in [1.807, 2.05) is 28.8 Å². The van der Waals surface area contributed by atoms with Crippen molar-refractivity contribution in [2.45, 2.75) is 31.0 Å². The molecule has 0 fully saturated rings. The van der Waals surface area contributed by atoms with Gasteiger partial charge in [-0.15, -0.1) is 10.2 Å². The summed E-state index contributed by atoms with van der Waals surface area (Å²) in [5, 5.41) is 18.6. The first-order valence-electron chi connectivity index (χ1n) is 6.40. The normalized spacial score (nSPS) is 11.6. The highest BCUT2D eigenvalue weighted by Crippen LogP contribution is 2.27. The van der Waals surface area contributed by atoms with Crippen LogP contribution in [-0.2, 0) is 0 Å². The van der Waals surface area contributed by atoms with E-state index in [4.69, 9.17) is 4.74 Å². The second kappa shape index (κ2) is 6.28. The number of nitrogens with zero attached hydrogens (tertiary/aromatic N) is 3. The number of benzene rings is 1. The molecule has 0 unspecified atom stereocenters. The summed E-state index contributed by atoms with van der Waals surface area (Å²) >= 11 is 1.57. The molecule has 0 aliphatic heterocycles. The molecule has 1 heterocycles. The molecule has 0 radical (unpaired) electrons. The van der Waals surface area contributed by atoms with Gasteiger partial charge in [-0.25, -0.2) is 0 Å². The lowest BCUT2D eigenvalue weighted by Crippen LogP contribution is -2.19. The Bertz CT molecular complexity index is 564. The van der Waals surface area contributed by atoms with E-state index in [1.54, 1.807) is 39.0 Å². The number of hydrogen-bond donors (Lipinski definition) is 1. The first kappa shape index (κ1) is 14.9. The van der Waals surface area contributed by atoms with Crippen molar-refractivity contribution in [3.05, 3.63) is 30.6 Å². The van der Waals surface area contributed by atoms with Crippen molar-refractivity contribution in [2.75, 3.05) is 12.9 Å². The SMILES string of the molecule is COc1ccccc1-n1cnnc1SCCC(C)(C)O. The van der Waals surface area contributed by atoms with Crippen LogP contribution < -0.4 is 4.74 Å². The summed E-state index contributed by atoms with van der Waals surface area (Å²) < 4.78 is 7.25. The summed E-state index contributed by atoms with van der Waals surface area (Å²) in [6.45, 7) is 3.61. The van der Waals surface area contributed by atoms with E-state index < -0.39 is 5.60 Å². The Morgan fingerprint density at radius 3 is 2.80 bits per heavy atom. The molecule has 2 aromatic rings. The van der Waals surface area contributed by atoms with E-state index in [0.717, 1.165) is 22.3 Å². The second-order valence-corrected chi connectivity index (χ2v) is 6.13. The molecule has 0 atom stereocenters. The smallest absolute Gasteiger partial charge is 0.195 e. The monoisotopic (exact) mass is 293 g/mol. The minimum absolute atomic E-state index is 0.664. The molecule has 20 heavy (non-hydrogen) atoms. The first-order valence-corrected chi connectivity index (χ1v) is 7.38. The van der Waals surface area contributed by atoms with Gasteiger partial charge in [-0.2, -0.15) is 0 Å². The maximum Gasteiger partial charge on any atom is 0.195 e. The lowest BCUT2D eigenvalue weighted by Gasteiger charge is -2.16. The molecular weight excluding hydrogens is 274 g/mol. The Morgan fingerprint density at radius 2 is 2.10 bits per heavy atom. The third-order valence-corrected chi connectivity index (χ3v) is 3.75. The van der Waals surface area contributed by atoms with Gasteiger partial charge in [0, 0.05) is 5.75 Å². The number of aliphatic hydroxyl groups is 1. The molecule has 1 N–H and O–H groups in total. The maximum absolute atomic E-state index is 9.74. The summed E-state index contributed by atoms with van der Waals surface area (Å²) in [6.07, 6.45) is 2.36. The Morgan fingerprint density at radius 1 is 1.35 bits per heavy atom. The van der Waals surface area contributed by atoms with Crippen LogP contribution in [0, 0.1) is 0 Å². The minimum atomic E-state index is -0.664. The number of rotatable bonds is 6. The van der Waals surface area contributed by atoms with E-state index in [1.165, 1.54) is 0 Å². The van der Waals surface area contributed by atoms with E-state index in [9.17, 15) is 5.11 Å². The summed E-state index contributed by atoms with van der Waals surface area (Å²) in [7, 11) is 1.64. The van der Waals surface area contributed by atoms with Crippen molar-refractivity contribution in [3.8, 4) is 11.4 Å². The fourth-order valence-electron chi connectivity index (χ4n) is 1.71. The van der Waals surface area contributed by atoms with Crippen LogP contribution in [0.2, 0.25) is 0 Å². The van der Waals surface area contributed by atoms with Gasteiger partial charge in [0.25, 0.3) is 0 Å². The van der Waals surface area contributed by atoms with Crippen molar-refractivity contribution in [1.29, 1.82) is 0 Å². The van der Waals surface area contributed by atoms with Crippen LogP contribution in [0.25, 0.3) is 5.69 Å². The molecule has 6 heteroatoms. The lowest BCUT2D eigenvalue weighted by molar-refractivity contribution is 0.0777. The number of aromatic nitrogens is 3. The standard InChI is InChI=1S/C14H19N3O2S/c1-14(2,18)8-9-20-13-16-15-10-17(13)11-6-4-5-7-12(11)19-3/h4-7,10,18H,8-9H2,1-3H3. The molecular formula is C14H19N3O2S. The summed E-state index contributed by atoms with van der Waals surface area (Å²) in [6, 6.07) is 7.74. The number of para-hydroxylation sites is 2. The zero-order chi connectivity index (χ0) is 14.6. The highest BCUT2D eigenvalue weighted by Gasteiger charge is 2.15. The molecule has 108 valence electrons. The Hall–Kier alpha value is -1.53. The quantitative estimate of drug-likeness (QED) is 0.829. The molecule has 0 aliphatic rings. The Kier molecular flexibility index (Phi) is 4.67. The van der Waals surface area contributed by atoms with Crippen LogP contribution in [0.15, 0.2) is 35.7 Å². The van der Waals surface area contributed by atoms with Gasteiger partial charge in [-0.1, -0.05) is 23.9 Å². The highest BCUT2D eigenvalue weighted by molar-refractivity contribution is 7.99. The molecule has 0 aliphatic carbocycles. The average Bonchev–Trinajstić information content (AvgIpc) is 2.85. The van der Waals surface area contributed by atoms with Gasteiger partial charge in [0.1, 0.15) is 12.1 Å². The van der Waals surface area contributed by atoms with E-state index in [2.05, 4.69) is 10.2 Å². The van der Waals surface area contributed by atoms with Crippen LogP contribution in [0.4, 0.5) is 0 Å². The molecule has 0 amide bonds. The molecule has 1 aromatic heterocycles. The molecule has 0 bridgehead atoms. The topological polar surface area (TPSA) is 60.2 Å². The Balaban J connectivity index is 2.16. The van der Waals surface area contributed by atoms with Crippen LogP contribution in [0.3, 0.4) is 0 Å². The van der Waals surface area contributed by atoms with Crippen molar-refractivity contribution in [2.24, 2.45) is 0 Å². The zero-order valence-electron chi connectivity index (χ0n) is 11.9. The Labute approximate surface area is 123 Å². The molecule has 0 saturated heterocycles. The predicted octanol–water partition coefficient (Wildman–Crippen LogP) is 2.53. The summed E-state index contributed by atoms with van der Waals surface area (Å²) in [5.74, 6) is 1.55. The van der Waals surface area contributed by atoms with Gasteiger partial charge in [-0.05, 0) is 32.4 Å². The van der Waals surface area contributed by atoms with E-state index in [0.29, 0.717) is 6.42 Å². The van der Waals surface area contributed by atoms with Crippen LogP contribution in [0.5, 0.6) is 5.75 Å². The van der Waals surface area contributed by atoms with Crippen molar-refractivity contribution in [1.82, 2.24) is 14.8 Å². The molecule has 0 saturated carbocycles. The second-order valence-electron chi connectivity index (χ2n) is 5.07. The van der Waals surface area contributed by atoms with Crippen molar-refractivity contribution in [3.63, 3.8) is 0 Å². The number of thioether (sulfide) groups is 1. The van der Waals surface area contributed by atoms with Crippen LogP contribution >= 0.6 is 11.8 Å². The van der Waals surface area contributed by atoms with Gasteiger partial charge in [0.2, 0.25) is 0 Å². The summed E-state index contributed by atoms with van der Waals surface area (Å²) in [5.41, 5.74) is 0.244. The molecule has 2 rings (SSSR count). The predicted molar refractivity (Wildman–Crippen MR) is 79.5 cm³/mol. The van der Waals surface area contributed by atoms with Gasteiger partial charge in [0.05, 0.1) is 18.4 Å². The molecule has 1 aromatic carbocycles. The lowest BCUT2D eigenvalue weighted by atomic mass is 10.1. The number of ether oxygens (including phenoxy) is 1. The van der Waals surface area contributed by atoms with Crippen LogP contribution in [0.1, 0.15) is 20.3 Å². The number of methoxy groups -OCH3 is 1. The fraction of sp³-hybridized carbons (Fsp3) is 0.429. The van der Waals surface area contributed by atoms with Gasteiger partial charge < -0.3 is 9.84 Å². The van der Waals surface area contributed by atoms with Crippen LogP contribution in [-0.4, -0.2) is 38.3 Å². The molecule has 0 spiro atoms. The van der Waals surface area contributed by atoms with Crippen molar-refractivity contribution >= 4 is 11.8 Å². The molecule has 5 nitrogen and oxygen atoms in total.